The predicted octanol–water partition coefficient (Wildman–Crippen LogP) is 2.12. The fourth-order valence-corrected chi connectivity index (χ4v) is 3.93. The Morgan fingerprint density at radius 1 is 1.55 bits per heavy atom. The van der Waals surface area contributed by atoms with Gasteiger partial charge in [-0.05, 0) is 24.3 Å². The Bertz CT molecular complexity index is 121. The van der Waals surface area contributed by atoms with E-state index in [4.69, 9.17) is 0 Å². The summed E-state index contributed by atoms with van der Waals surface area (Å²) in [5.74, 6) is 2.50. The Balaban J connectivity index is 2.18. The lowest BCUT2D eigenvalue weighted by molar-refractivity contribution is 0.218. The summed E-state index contributed by atoms with van der Waals surface area (Å²) in [6, 6.07) is 0. The van der Waals surface area contributed by atoms with Gasteiger partial charge < -0.3 is 5.11 Å². The molecule has 0 saturated carbocycles. The lowest BCUT2D eigenvalue weighted by Crippen LogP contribution is -2.14. The molecule has 1 heterocycles. The first-order valence-corrected chi connectivity index (χ1v) is 5.96. The summed E-state index contributed by atoms with van der Waals surface area (Å²) in [5.41, 5.74) is 0. The SMILES string of the molecule is C=C[C@@H](O)CC1SCCCS1. The van der Waals surface area contributed by atoms with Crippen molar-refractivity contribution in [2.24, 2.45) is 0 Å². The van der Waals surface area contributed by atoms with Crippen molar-refractivity contribution >= 4 is 23.5 Å². The topological polar surface area (TPSA) is 20.2 Å². The summed E-state index contributed by atoms with van der Waals surface area (Å²) in [6.07, 6.45) is 3.49. The lowest BCUT2D eigenvalue weighted by atomic mass is 10.3. The summed E-state index contributed by atoms with van der Waals surface area (Å²) in [5, 5.41) is 9.27. The van der Waals surface area contributed by atoms with Crippen LogP contribution in [0.3, 0.4) is 0 Å². The van der Waals surface area contributed by atoms with Crippen LogP contribution in [0.5, 0.6) is 0 Å². The number of hydrogen-bond acceptors (Lipinski definition) is 3. The molecule has 1 rings (SSSR count). The lowest BCUT2D eigenvalue weighted by Gasteiger charge is -2.21. The van der Waals surface area contributed by atoms with E-state index in [1.54, 1.807) is 6.08 Å². The van der Waals surface area contributed by atoms with Gasteiger partial charge in [0, 0.05) is 0 Å². The fraction of sp³-hybridized carbons (Fsp3) is 0.750. The van der Waals surface area contributed by atoms with E-state index in [-0.39, 0.29) is 6.10 Å². The van der Waals surface area contributed by atoms with Gasteiger partial charge in [0.2, 0.25) is 0 Å². The quantitative estimate of drug-likeness (QED) is 0.688. The highest BCUT2D eigenvalue weighted by Crippen LogP contribution is 2.33. The van der Waals surface area contributed by atoms with Crippen LogP contribution in [0.15, 0.2) is 12.7 Å². The summed E-state index contributed by atoms with van der Waals surface area (Å²) >= 11 is 3.92. The molecule has 11 heavy (non-hydrogen) atoms. The number of thioether (sulfide) groups is 2. The van der Waals surface area contributed by atoms with Crippen molar-refractivity contribution in [1.29, 1.82) is 0 Å². The first kappa shape index (κ1) is 9.49. The van der Waals surface area contributed by atoms with Crippen molar-refractivity contribution in [2.45, 2.75) is 23.5 Å². The third-order valence-corrected chi connectivity index (χ3v) is 4.60. The molecule has 64 valence electrons. The molecule has 1 N–H and O–H groups in total. The van der Waals surface area contributed by atoms with Crippen LogP contribution in [0.4, 0.5) is 0 Å². The van der Waals surface area contributed by atoms with E-state index in [0.29, 0.717) is 4.58 Å². The highest BCUT2D eigenvalue weighted by molar-refractivity contribution is 8.17. The Morgan fingerprint density at radius 3 is 2.73 bits per heavy atom. The monoisotopic (exact) mass is 190 g/mol. The van der Waals surface area contributed by atoms with Crippen molar-refractivity contribution < 1.29 is 5.11 Å². The van der Waals surface area contributed by atoms with Gasteiger partial charge in [0.15, 0.2) is 0 Å². The minimum Gasteiger partial charge on any atom is -0.389 e. The zero-order chi connectivity index (χ0) is 8.10. The molecule has 0 bridgehead atoms. The molecule has 1 saturated heterocycles. The van der Waals surface area contributed by atoms with Gasteiger partial charge in [-0.15, -0.1) is 30.1 Å². The molecule has 1 fully saturated rings. The minimum atomic E-state index is -0.307. The molecule has 1 atom stereocenters. The van der Waals surface area contributed by atoms with E-state index in [2.05, 4.69) is 6.58 Å². The number of hydrogen-bond donors (Lipinski definition) is 1. The number of rotatable bonds is 3. The first-order valence-electron chi connectivity index (χ1n) is 3.87. The van der Waals surface area contributed by atoms with Gasteiger partial charge in [-0.1, -0.05) is 6.08 Å². The molecule has 0 unspecified atom stereocenters. The summed E-state index contributed by atoms with van der Waals surface area (Å²) in [7, 11) is 0. The largest absolute Gasteiger partial charge is 0.389 e. The normalized spacial score (nSPS) is 23.0. The van der Waals surface area contributed by atoms with Crippen LogP contribution < -0.4 is 0 Å². The standard InChI is InChI=1S/C8H14OS2/c1-2-7(9)6-8-10-4-3-5-11-8/h2,7-9H,1,3-6H2/t7-/m1/s1. The minimum absolute atomic E-state index is 0.307. The van der Waals surface area contributed by atoms with Crippen LogP contribution in [0.25, 0.3) is 0 Å². The highest BCUT2D eigenvalue weighted by atomic mass is 32.2. The highest BCUT2D eigenvalue weighted by Gasteiger charge is 2.16. The predicted molar refractivity (Wildman–Crippen MR) is 54.1 cm³/mol. The van der Waals surface area contributed by atoms with E-state index in [9.17, 15) is 5.11 Å². The zero-order valence-electron chi connectivity index (χ0n) is 6.53. The smallest absolute Gasteiger partial charge is 0.0736 e. The third-order valence-electron chi connectivity index (χ3n) is 1.60. The van der Waals surface area contributed by atoms with Crippen LogP contribution in [0.1, 0.15) is 12.8 Å². The van der Waals surface area contributed by atoms with E-state index in [0.717, 1.165) is 6.42 Å². The fourth-order valence-electron chi connectivity index (χ4n) is 0.966. The van der Waals surface area contributed by atoms with E-state index in [1.807, 2.05) is 23.5 Å². The van der Waals surface area contributed by atoms with Crippen molar-refractivity contribution in [3.63, 3.8) is 0 Å². The van der Waals surface area contributed by atoms with E-state index in [1.165, 1.54) is 17.9 Å². The van der Waals surface area contributed by atoms with E-state index < -0.39 is 0 Å². The molecule has 3 heteroatoms. The second-order valence-electron chi connectivity index (χ2n) is 2.56. The van der Waals surface area contributed by atoms with Crippen molar-refractivity contribution in [2.75, 3.05) is 11.5 Å². The zero-order valence-corrected chi connectivity index (χ0v) is 8.16. The maximum atomic E-state index is 9.27. The third kappa shape index (κ3) is 3.54. The van der Waals surface area contributed by atoms with Gasteiger partial charge in [-0.25, -0.2) is 0 Å². The van der Waals surface area contributed by atoms with Crippen molar-refractivity contribution in [3.8, 4) is 0 Å². The molecule has 1 aliphatic rings. The average Bonchev–Trinajstić information content (AvgIpc) is 2.06. The molecular formula is C8H14OS2. The van der Waals surface area contributed by atoms with Gasteiger partial charge in [0.05, 0.1) is 10.7 Å². The van der Waals surface area contributed by atoms with Gasteiger partial charge in [-0.2, -0.15) is 0 Å². The summed E-state index contributed by atoms with van der Waals surface area (Å²) < 4.78 is 0.594. The Labute approximate surface area is 76.6 Å². The van der Waals surface area contributed by atoms with Gasteiger partial charge >= 0.3 is 0 Å². The van der Waals surface area contributed by atoms with Crippen molar-refractivity contribution in [3.05, 3.63) is 12.7 Å². The van der Waals surface area contributed by atoms with Crippen LogP contribution in [0.2, 0.25) is 0 Å². The maximum absolute atomic E-state index is 9.27. The molecule has 0 aromatic heterocycles. The summed E-state index contributed by atoms with van der Waals surface area (Å²) in [6.45, 7) is 3.56. The Kier molecular flexibility index (Phi) is 4.41. The molecule has 0 radical (unpaired) electrons. The molecule has 1 nitrogen and oxygen atoms in total. The van der Waals surface area contributed by atoms with Crippen LogP contribution in [-0.2, 0) is 0 Å². The summed E-state index contributed by atoms with van der Waals surface area (Å²) in [4.78, 5) is 0. The average molecular weight is 190 g/mol. The van der Waals surface area contributed by atoms with Crippen LogP contribution in [-0.4, -0.2) is 27.3 Å². The second-order valence-corrected chi connectivity index (χ2v) is 5.48. The van der Waals surface area contributed by atoms with E-state index >= 15 is 0 Å². The Hall–Kier alpha value is 0.400. The maximum Gasteiger partial charge on any atom is 0.0736 e. The molecule has 0 spiro atoms. The molecular weight excluding hydrogens is 176 g/mol. The number of aliphatic hydroxyl groups is 1. The molecule has 0 aromatic carbocycles. The van der Waals surface area contributed by atoms with Crippen LogP contribution >= 0.6 is 23.5 Å². The number of aliphatic hydroxyl groups excluding tert-OH is 1. The van der Waals surface area contributed by atoms with Gasteiger partial charge in [0.1, 0.15) is 0 Å². The van der Waals surface area contributed by atoms with Crippen LogP contribution in [0, 0.1) is 0 Å². The van der Waals surface area contributed by atoms with Gasteiger partial charge in [-0.3, -0.25) is 0 Å². The van der Waals surface area contributed by atoms with Crippen molar-refractivity contribution in [1.82, 2.24) is 0 Å². The second kappa shape index (κ2) is 5.12. The molecule has 0 aromatic rings. The molecule has 0 aliphatic carbocycles. The first-order chi connectivity index (χ1) is 5.33. The molecule has 1 aliphatic heterocycles. The molecule has 0 amide bonds. The van der Waals surface area contributed by atoms with Gasteiger partial charge in [0.25, 0.3) is 0 Å². The Morgan fingerprint density at radius 2 is 2.18 bits per heavy atom.